The SMILES string of the molecule is CC(=O)OCC(COC(=O)CC(=O)/C=C/C1C=CC(O)=CC1)OC(C)=O. The zero-order valence-corrected chi connectivity index (χ0v) is 14.7. The van der Waals surface area contributed by atoms with Crippen molar-refractivity contribution in [1.29, 1.82) is 0 Å². The highest BCUT2D eigenvalue weighted by molar-refractivity contribution is 6.01. The molecule has 0 bridgehead atoms. The van der Waals surface area contributed by atoms with E-state index in [1.54, 1.807) is 18.2 Å². The average molecular weight is 366 g/mol. The van der Waals surface area contributed by atoms with Crippen molar-refractivity contribution < 1.29 is 38.5 Å². The van der Waals surface area contributed by atoms with Crippen LogP contribution in [0.4, 0.5) is 0 Å². The van der Waals surface area contributed by atoms with Crippen molar-refractivity contribution in [3.8, 4) is 0 Å². The number of carbonyl (C=O) groups is 4. The summed E-state index contributed by atoms with van der Waals surface area (Å²) in [6.45, 7) is 1.80. The van der Waals surface area contributed by atoms with Crippen LogP contribution < -0.4 is 0 Å². The molecule has 8 heteroatoms. The normalized spacial score (nSPS) is 17.3. The summed E-state index contributed by atoms with van der Waals surface area (Å²) in [4.78, 5) is 45.2. The van der Waals surface area contributed by atoms with Crippen LogP contribution in [-0.2, 0) is 33.4 Å². The molecule has 0 heterocycles. The van der Waals surface area contributed by atoms with Gasteiger partial charge in [0.05, 0.1) is 0 Å². The summed E-state index contributed by atoms with van der Waals surface area (Å²) in [6, 6.07) is 0. The molecule has 0 saturated heterocycles. The molecule has 8 nitrogen and oxygen atoms in total. The number of hydrogen-bond donors (Lipinski definition) is 1. The summed E-state index contributed by atoms with van der Waals surface area (Å²) in [5.74, 6) is -2.24. The van der Waals surface area contributed by atoms with Gasteiger partial charge in [-0.3, -0.25) is 19.2 Å². The Balaban J connectivity index is 2.38. The second-order valence-electron chi connectivity index (χ2n) is 5.61. The standard InChI is InChI=1S/C18H22O8/c1-12(19)24-10-17(26-13(2)20)11-25-18(23)9-16(22)8-5-14-3-6-15(21)7-4-14/h3,5-8,14,17,21H,4,9-11H2,1-2H3/b8-5+. The first-order valence-corrected chi connectivity index (χ1v) is 8.00. The summed E-state index contributed by atoms with van der Waals surface area (Å²) < 4.78 is 14.5. The second-order valence-corrected chi connectivity index (χ2v) is 5.61. The predicted octanol–water partition coefficient (Wildman–Crippen LogP) is 1.56. The predicted molar refractivity (Wildman–Crippen MR) is 89.9 cm³/mol. The van der Waals surface area contributed by atoms with Crippen LogP contribution in [0, 0.1) is 5.92 Å². The van der Waals surface area contributed by atoms with Gasteiger partial charge in [-0.2, -0.15) is 0 Å². The Bertz CT molecular complexity index is 629. The third kappa shape index (κ3) is 9.41. The lowest BCUT2D eigenvalue weighted by atomic mass is 9.99. The maximum Gasteiger partial charge on any atom is 0.313 e. The highest BCUT2D eigenvalue weighted by Gasteiger charge is 2.18. The molecule has 1 N–H and O–H groups in total. The Hall–Kier alpha value is -2.90. The molecular weight excluding hydrogens is 344 g/mol. The molecule has 0 aromatic rings. The van der Waals surface area contributed by atoms with Gasteiger partial charge in [0.2, 0.25) is 0 Å². The van der Waals surface area contributed by atoms with Crippen LogP contribution in [0.15, 0.2) is 36.1 Å². The zero-order valence-electron chi connectivity index (χ0n) is 14.7. The fourth-order valence-electron chi connectivity index (χ4n) is 2.00. The summed E-state index contributed by atoms with van der Waals surface area (Å²) in [5.41, 5.74) is 0. The van der Waals surface area contributed by atoms with Gasteiger partial charge in [-0.1, -0.05) is 12.2 Å². The van der Waals surface area contributed by atoms with Crippen molar-refractivity contribution in [3.63, 3.8) is 0 Å². The summed E-state index contributed by atoms with van der Waals surface area (Å²) in [7, 11) is 0. The van der Waals surface area contributed by atoms with E-state index in [0.717, 1.165) is 0 Å². The second kappa shape index (κ2) is 10.9. The van der Waals surface area contributed by atoms with Crippen LogP contribution in [0.3, 0.4) is 0 Å². The molecule has 0 saturated carbocycles. The van der Waals surface area contributed by atoms with Crippen molar-refractivity contribution in [2.24, 2.45) is 5.92 Å². The average Bonchev–Trinajstić information content (AvgIpc) is 2.56. The fraction of sp³-hybridized carbons (Fsp3) is 0.444. The lowest BCUT2D eigenvalue weighted by molar-refractivity contribution is -0.164. The van der Waals surface area contributed by atoms with E-state index in [0.29, 0.717) is 6.42 Å². The highest BCUT2D eigenvalue weighted by atomic mass is 16.6. The number of hydrogen-bond acceptors (Lipinski definition) is 8. The Morgan fingerprint density at radius 1 is 1.19 bits per heavy atom. The van der Waals surface area contributed by atoms with Gasteiger partial charge in [-0.25, -0.2) is 0 Å². The van der Waals surface area contributed by atoms with E-state index >= 15 is 0 Å². The van der Waals surface area contributed by atoms with Gasteiger partial charge in [0.25, 0.3) is 0 Å². The van der Waals surface area contributed by atoms with Gasteiger partial charge in [0.1, 0.15) is 25.4 Å². The molecule has 0 fully saturated rings. The fourth-order valence-corrected chi connectivity index (χ4v) is 2.00. The van der Waals surface area contributed by atoms with Crippen LogP contribution in [-0.4, -0.2) is 48.1 Å². The molecule has 1 aliphatic rings. The number of esters is 3. The quantitative estimate of drug-likeness (QED) is 0.283. The van der Waals surface area contributed by atoms with Crippen molar-refractivity contribution in [3.05, 3.63) is 36.1 Å². The van der Waals surface area contributed by atoms with Gasteiger partial charge in [-0.05, 0) is 30.6 Å². The Kier molecular flexibility index (Phi) is 8.83. The van der Waals surface area contributed by atoms with Crippen LogP contribution in [0.1, 0.15) is 26.7 Å². The maximum absolute atomic E-state index is 11.8. The van der Waals surface area contributed by atoms with E-state index in [1.807, 2.05) is 0 Å². The van der Waals surface area contributed by atoms with Crippen molar-refractivity contribution in [2.45, 2.75) is 32.8 Å². The van der Waals surface area contributed by atoms with Crippen molar-refractivity contribution >= 4 is 23.7 Å². The molecule has 0 aliphatic heterocycles. The van der Waals surface area contributed by atoms with Crippen molar-refractivity contribution in [1.82, 2.24) is 0 Å². The molecular formula is C18H22O8. The van der Waals surface area contributed by atoms with E-state index in [9.17, 15) is 24.3 Å². The largest absolute Gasteiger partial charge is 0.508 e. The first kappa shape index (κ1) is 21.1. The number of aliphatic hydroxyl groups is 1. The molecule has 26 heavy (non-hydrogen) atoms. The summed E-state index contributed by atoms with van der Waals surface area (Å²) in [5, 5.41) is 9.21. The van der Waals surface area contributed by atoms with E-state index in [1.165, 1.54) is 26.0 Å². The van der Waals surface area contributed by atoms with Crippen LogP contribution in [0.25, 0.3) is 0 Å². The third-order valence-corrected chi connectivity index (χ3v) is 3.20. The first-order chi connectivity index (χ1) is 12.3. The summed E-state index contributed by atoms with van der Waals surface area (Å²) >= 11 is 0. The number of rotatable bonds is 9. The van der Waals surface area contributed by atoms with Crippen molar-refractivity contribution in [2.75, 3.05) is 13.2 Å². The van der Waals surface area contributed by atoms with Gasteiger partial charge in [0, 0.05) is 13.8 Å². The number of carbonyl (C=O) groups excluding carboxylic acids is 4. The van der Waals surface area contributed by atoms with Gasteiger partial charge < -0.3 is 19.3 Å². The molecule has 2 unspecified atom stereocenters. The molecule has 1 rings (SSSR count). The van der Waals surface area contributed by atoms with E-state index in [2.05, 4.69) is 0 Å². The molecule has 0 spiro atoms. The number of ketones is 1. The zero-order chi connectivity index (χ0) is 19.5. The topological polar surface area (TPSA) is 116 Å². The molecule has 142 valence electrons. The van der Waals surface area contributed by atoms with Gasteiger partial charge in [-0.15, -0.1) is 0 Å². The molecule has 2 atom stereocenters. The van der Waals surface area contributed by atoms with E-state index in [-0.39, 0.29) is 24.9 Å². The molecule has 1 aliphatic carbocycles. The van der Waals surface area contributed by atoms with Crippen LogP contribution in [0.5, 0.6) is 0 Å². The van der Waals surface area contributed by atoms with Gasteiger partial charge in [0.15, 0.2) is 11.9 Å². The van der Waals surface area contributed by atoms with Crippen LogP contribution in [0.2, 0.25) is 0 Å². The lowest BCUT2D eigenvalue weighted by Crippen LogP contribution is -2.30. The minimum atomic E-state index is -0.933. The van der Waals surface area contributed by atoms with Crippen LogP contribution >= 0.6 is 0 Å². The highest BCUT2D eigenvalue weighted by Crippen LogP contribution is 2.16. The first-order valence-electron chi connectivity index (χ1n) is 8.00. The third-order valence-electron chi connectivity index (χ3n) is 3.20. The number of aliphatic hydroxyl groups excluding tert-OH is 1. The Labute approximate surface area is 151 Å². The maximum atomic E-state index is 11.8. The summed E-state index contributed by atoms with van der Waals surface area (Å²) in [6.07, 6.45) is 7.01. The molecule has 0 radical (unpaired) electrons. The molecule has 0 amide bonds. The van der Waals surface area contributed by atoms with E-state index < -0.39 is 36.2 Å². The number of ether oxygens (including phenoxy) is 3. The molecule has 0 aromatic heterocycles. The van der Waals surface area contributed by atoms with E-state index in [4.69, 9.17) is 14.2 Å². The Morgan fingerprint density at radius 3 is 2.46 bits per heavy atom. The minimum Gasteiger partial charge on any atom is -0.508 e. The lowest BCUT2D eigenvalue weighted by Gasteiger charge is -2.16. The Morgan fingerprint density at radius 2 is 1.88 bits per heavy atom. The minimum absolute atomic E-state index is 0.0250. The molecule has 0 aromatic carbocycles. The van der Waals surface area contributed by atoms with Gasteiger partial charge >= 0.3 is 17.9 Å². The monoisotopic (exact) mass is 366 g/mol. The number of allylic oxidation sites excluding steroid dienone is 5. The smallest absolute Gasteiger partial charge is 0.313 e.